The van der Waals surface area contributed by atoms with E-state index in [0.717, 1.165) is 29.2 Å². The third-order valence-electron chi connectivity index (χ3n) is 3.86. The van der Waals surface area contributed by atoms with Crippen molar-refractivity contribution in [2.24, 2.45) is 4.99 Å². The molecular weight excluding hydrogens is 292 g/mol. The molecule has 2 aromatic rings. The smallest absolute Gasteiger partial charge is 0.0909 e. The van der Waals surface area contributed by atoms with Gasteiger partial charge >= 0.3 is 0 Å². The largest absolute Gasteiger partial charge is 0.366 e. The van der Waals surface area contributed by atoms with Crippen molar-refractivity contribution in [3.8, 4) is 0 Å². The molecular formula is C19H23ClN2. The highest BCUT2D eigenvalue weighted by molar-refractivity contribution is 6.31. The van der Waals surface area contributed by atoms with Gasteiger partial charge in [-0.1, -0.05) is 35.9 Å². The number of rotatable bonds is 5. The maximum absolute atomic E-state index is 6.29. The van der Waals surface area contributed by atoms with Gasteiger partial charge in [0.15, 0.2) is 0 Å². The molecule has 0 aliphatic rings. The van der Waals surface area contributed by atoms with E-state index in [2.05, 4.69) is 48.9 Å². The average Bonchev–Trinajstić information content (AvgIpc) is 2.50. The third-order valence-corrected chi connectivity index (χ3v) is 4.23. The topological polar surface area (TPSA) is 15.6 Å². The van der Waals surface area contributed by atoms with Crippen LogP contribution in [0.25, 0.3) is 0 Å². The fourth-order valence-corrected chi connectivity index (χ4v) is 2.52. The Hall–Kier alpha value is -1.80. The van der Waals surface area contributed by atoms with Gasteiger partial charge < -0.3 is 4.90 Å². The van der Waals surface area contributed by atoms with Gasteiger partial charge in [-0.2, -0.15) is 0 Å². The van der Waals surface area contributed by atoms with Crippen LogP contribution in [0.4, 0.5) is 5.69 Å². The van der Waals surface area contributed by atoms with Gasteiger partial charge in [0.2, 0.25) is 0 Å². The number of nitrogens with zero attached hydrogens (tertiary/aromatic N) is 2. The van der Waals surface area contributed by atoms with E-state index in [1.54, 1.807) is 0 Å². The number of aryl methyl sites for hydroxylation is 1. The molecule has 0 fully saturated rings. The van der Waals surface area contributed by atoms with Gasteiger partial charge in [0, 0.05) is 18.6 Å². The summed E-state index contributed by atoms with van der Waals surface area (Å²) in [6.45, 7) is 7.29. The monoisotopic (exact) mass is 314 g/mol. The van der Waals surface area contributed by atoms with Gasteiger partial charge in [-0.15, -0.1) is 0 Å². The Morgan fingerprint density at radius 2 is 1.86 bits per heavy atom. The van der Waals surface area contributed by atoms with E-state index in [1.807, 2.05) is 31.6 Å². The maximum atomic E-state index is 6.29. The lowest BCUT2D eigenvalue weighted by atomic mass is 9.97. The predicted octanol–water partition coefficient (Wildman–Crippen LogP) is 5.16. The number of aliphatic imine (C=N–C) groups is 1. The fourth-order valence-electron chi connectivity index (χ4n) is 2.32. The highest BCUT2D eigenvalue weighted by Crippen LogP contribution is 2.28. The van der Waals surface area contributed by atoms with E-state index >= 15 is 0 Å². The summed E-state index contributed by atoms with van der Waals surface area (Å²) < 4.78 is 0. The summed E-state index contributed by atoms with van der Waals surface area (Å²) in [6.07, 6.45) is 2.72. The van der Waals surface area contributed by atoms with Crippen molar-refractivity contribution in [1.29, 1.82) is 0 Å². The molecule has 2 rings (SSSR count). The molecule has 0 N–H and O–H groups in total. The SMILES string of the molecule is CCN(C)/C=N\c1cc(C)cc(Cc2ccccc2Cl)c1C. The molecule has 2 nitrogen and oxygen atoms in total. The lowest BCUT2D eigenvalue weighted by Crippen LogP contribution is -2.14. The quantitative estimate of drug-likeness (QED) is 0.550. The Morgan fingerprint density at radius 1 is 1.14 bits per heavy atom. The molecule has 0 radical (unpaired) electrons. The number of hydrogen-bond donors (Lipinski definition) is 0. The minimum atomic E-state index is 0.819. The Bertz CT molecular complexity index is 677. The van der Waals surface area contributed by atoms with Crippen molar-refractivity contribution in [3.05, 3.63) is 63.7 Å². The summed E-state index contributed by atoms with van der Waals surface area (Å²) in [6, 6.07) is 12.4. The molecule has 0 aromatic heterocycles. The van der Waals surface area contributed by atoms with Crippen LogP contribution < -0.4 is 0 Å². The Morgan fingerprint density at radius 3 is 2.55 bits per heavy atom. The van der Waals surface area contributed by atoms with Crippen molar-refractivity contribution in [1.82, 2.24) is 4.90 Å². The van der Waals surface area contributed by atoms with Crippen LogP contribution in [0.2, 0.25) is 5.02 Å². The van der Waals surface area contributed by atoms with E-state index in [0.29, 0.717) is 0 Å². The summed E-state index contributed by atoms with van der Waals surface area (Å²) in [5.41, 5.74) is 5.89. The molecule has 0 unspecified atom stereocenters. The van der Waals surface area contributed by atoms with Crippen LogP contribution in [0.5, 0.6) is 0 Å². The van der Waals surface area contributed by atoms with Crippen molar-refractivity contribution >= 4 is 23.6 Å². The molecule has 0 heterocycles. The highest BCUT2D eigenvalue weighted by atomic mass is 35.5. The first-order chi connectivity index (χ1) is 10.5. The van der Waals surface area contributed by atoms with E-state index in [-0.39, 0.29) is 0 Å². The molecule has 0 bridgehead atoms. The molecule has 0 aliphatic carbocycles. The second-order valence-electron chi connectivity index (χ2n) is 5.65. The zero-order valence-electron chi connectivity index (χ0n) is 13.7. The predicted molar refractivity (Wildman–Crippen MR) is 96.6 cm³/mol. The maximum Gasteiger partial charge on any atom is 0.0909 e. The van der Waals surface area contributed by atoms with Crippen molar-refractivity contribution in [2.45, 2.75) is 27.2 Å². The first-order valence-electron chi connectivity index (χ1n) is 7.59. The van der Waals surface area contributed by atoms with E-state index in [9.17, 15) is 0 Å². The minimum absolute atomic E-state index is 0.819. The van der Waals surface area contributed by atoms with Crippen molar-refractivity contribution in [2.75, 3.05) is 13.6 Å². The summed E-state index contributed by atoms with van der Waals surface area (Å²) in [5, 5.41) is 0.819. The summed E-state index contributed by atoms with van der Waals surface area (Å²) >= 11 is 6.29. The molecule has 0 spiro atoms. The van der Waals surface area contributed by atoms with Crippen LogP contribution >= 0.6 is 11.6 Å². The first kappa shape index (κ1) is 16.6. The second-order valence-corrected chi connectivity index (χ2v) is 6.06. The van der Waals surface area contributed by atoms with Gasteiger partial charge in [0.05, 0.1) is 12.0 Å². The van der Waals surface area contributed by atoms with Crippen LogP contribution in [0.3, 0.4) is 0 Å². The Balaban J connectivity index is 2.35. The normalized spacial score (nSPS) is 11.1. The van der Waals surface area contributed by atoms with Gasteiger partial charge in [-0.3, -0.25) is 0 Å². The van der Waals surface area contributed by atoms with Crippen LogP contribution in [0.15, 0.2) is 41.4 Å². The van der Waals surface area contributed by atoms with E-state index in [1.165, 1.54) is 16.7 Å². The molecule has 0 saturated heterocycles. The summed E-state index contributed by atoms with van der Waals surface area (Å²) in [7, 11) is 2.03. The van der Waals surface area contributed by atoms with Crippen molar-refractivity contribution in [3.63, 3.8) is 0 Å². The Labute approximate surface area is 138 Å². The standard InChI is InChI=1S/C19H23ClN2/c1-5-22(4)13-21-19-11-14(2)10-17(15(19)3)12-16-8-6-7-9-18(16)20/h6-11,13H,5,12H2,1-4H3/b21-13-. The van der Waals surface area contributed by atoms with E-state index in [4.69, 9.17) is 11.6 Å². The van der Waals surface area contributed by atoms with Crippen LogP contribution in [0, 0.1) is 13.8 Å². The summed E-state index contributed by atoms with van der Waals surface area (Å²) in [4.78, 5) is 6.70. The van der Waals surface area contributed by atoms with Crippen LogP contribution in [-0.2, 0) is 6.42 Å². The number of benzene rings is 2. The van der Waals surface area contributed by atoms with Gasteiger partial charge in [-0.05, 0) is 61.6 Å². The zero-order valence-corrected chi connectivity index (χ0v) is 14.5. The molecule has 0 aliphatic heterocycles. The molecule has 116 valence electrons. The molecule has 0 saturated carbocycles. The zero-order chi connectivity index (χ0) is 16.1. The second kappa shape index (κ2) is 7.46. The lowest BCUT2D eigenvalue weighted by molar-refractivity contribution is 0.552. The summed E-state index contributed by atoms with van der Waals surface area (Å²) in [5.74, 6) is 0. The average molecular weight is 315 g/mol. The van der Waals surface area contributed by atoms with Gasteiger partial charge in [0.25, 0.3) is 0 Å². The minimum Gasteiger partial charge on any atom is -0.366 e. The first-order valence-corrected chi connectivity index (χ1v) is 7.97. The van der Waals surface area contributed by atoms with E-state index < -0.39 is 0 Å². The van der Waals surface area contributed by atoms with Gasteiger partial charge in [-0.25, -0.2) is 4.99 Å². The highest BCUT2D eigenvalue weighted by Gasteiger charge is 2.08. The van der Waals surface area contributed by atoms with Gasteiger partial charge in [0.1, 0.15) is 0 Å². The molecule has 22 heavy (non-hydrogen) atoms. The third kappa shape index (κ3) is 4.11. The number of halogens is 1. The molecule has 0 amide bonds. The molecule has 2 aromatic carbocycles. The van der Waals surface area contributed by atoms with Crippen LogP contribution in [0.1, 0.15) is 29.2 Å². The number of hydrogen-bond acceptors (Lipinski definition) is 1. The fraction of sp³-hybridized carbons (Fsp3) is 0.316. The molecule has 3 heteroatoms. The van der Waals surface area contributed by atoms with Crippen LogP contribution in [-0.4, -0.2) is 24.8 Å². The molecule has 0 atom stereocenters. The van der Waals surface area contributed by atoms with Crippen molar-refractivity contribution < 1.29 is 0 Å². The lowest BCUT2D eigenvalue weighted by Gasteiger charge is -2.13. The Kier molecular flexibility index (Phi) is 5.62.